The second-order valence-electron chi connectivity index (χ2n) is 6.99. The Hall–Kier alpha value is -2.10. The summed E-state index contributed by atoms with van der Waals surface area (Å²) >= 11 is 1.56. The normalized spacial score (nSPS) is 15.5. The summed E-state index contributed by atoms with van der Waals surface area (Å²) in [6.45, 7) is 4.61. The Morgan fingerprint density at radius 3 is 2.34 bits per heavy atom. The monoisotopic (exact) mass is 438 g/mol. The van der Waals surface area contributed by atoms with Crippen molar-refractivity contribution in [2.24, 2.45) is 0 Å². The van der Waals surface area contributed by atoms with E-state index in [1.165, 1.54) is 22.5 Å². The molecular formula is C20H23FN2O4S2. The number of halogens is 1. The molecule has 29 heavy (non-hydrogen) atoms. The van der Waals surface area contributed by atoms with Crippen LogP contribution in [0.3, 0.4) is 0 Å². The Morgan fingerprint density at radius 1 is 1.07 bits per heavy atom. The topological polar surface area (TPSA) is 74.8 Å². The molecule has 1 aliphatic heterocycles. The number of benzene rings is 1. The van der Waals surface area contributed by atoms with Crippen molar-refractivity contribution in [2.45, 2.75) is 31.6 Å². The van der Waals surface area contributed by atoms with Gasteiger partial charge in [0.25, 0.3) is 0 Å². The number of carbonyl (C=O) groups excluding carboxylic acids is 2. The second-order valence-corrected chi connectivity index (χ2v) is 10.4. The first-order valence-electron chi connectivity index (χ1n) is 9.32. The van der Waals surface area contributed by atoms with Crippen molar-refractivity contribution in [3.63, 3.8) is 0 Å². The van der Waals surface area contributed by atoms with Gasteiger partial charge in [-0.05, 0) is 38.1 Å². The Balaban J connectivity index is 1.54. The van der Waals surface area contributed by atoms with Crippen molar-refractivity contribution >= 4 is 33.1 Å². The van der Waals surface area contributed by atoms with Crippen molar-refractivity contribution in [1.82, 2.24) is 9.21 Å². The lowest BCUT2D eigenvalue weighted by molar-refractivity contribution is -0.132. The molecule has 0 spiro atoms. The molecule has 1 aromatic heterocycles. The molecule has 0 atom stereocenters. The van der Waals surface area contributed by atoms with Gasteiger partial charge in [0.2, 0.25) is 15.9 Å². The molecule has 0 unspecified atom stereocenters. The number of hydrogen-bond donors (Lipinski definition) is 0. The fraction of sp³-hybridized carbons (Fsp3) is 0.400. The van der Waals surface area contributed by atoms with Gasteiger partial charge < -0.3 is 4.90 Å². The van der Waals surface area contributed by atoms with E-state index < -0.39 is 15.8 Å². The number of carbonyl (C=O) groups is 2. The van der Waals surface area contributed by atoms with Gasteiger partial charge in [-0.25, -0.2) is 12.8 Å². The van der Waals surface area contributed by atoms with Crippen LogP contribution in [0.5, 0.6) is 0 Å². The number of amides is 1. The highest BCUT2D eigenvalue weighted by molar-refractivity contribution is 7.89. The smallest absolute Gasteiger partial charge is 0.243 e. The molecule has 2 aromatic rings. The van der Waals surface area contributed by atoms with Crippen LogP contribution < -0.4 is 0 Å². The number of rotatable bonds is 6. The molecule has 156 valence electrons. The summed E-state index contributed by atoms with van der Waals surface area (Å²) in [7, 11) is -3.80. The summed E-state index contributed by atoms with van der Waals surface area (Å²) in [6, 6.07) is 6.75. The van der Waals surface area contributed by atoms with Gasteiger partial charge >= 0.3 is 0 Å². The maximum Gasteiger partial charge on any atom is 0.243 e. The molecule has 3 rings (SSSR count). The molecule has 0 radical (unpaired) electrons. The van der Waals surface area contributed by atoms with Crippen LogP contribution in [0.25, 0.3) is 0 Å². The summed E-state index contributed by atoms with van der Waals surface area (Å²) in [5, 5.41) is 0. The van der Waals surface area contributed by atoms with Gasteiger partial charge in [-0.2, -0.15) is 4.31 Å². The Labute approximate surface area is 174 Å². The first-order chi connectivity index (χ1) is 13.7. The number of hydrogen-bond acceptors (Lipinski definition) is 5. The minimum atomic E-state index is -3.80. The van der Waals surface area contributed by atoms with E-state index in [0.717, 1.165) is 15.8 Å². The number of aryl methyl sites for hydroxylation is 2. The van der Waals surface area contributed by atoms with E-state index in [1.54, 1.807) is 16.2 Å². The van der Waals surface area contributed by atoms with E-state index in [2.05, 4.69) is 0 Å². The molecular weight excluding hydrogens is 415 g/mol. The maximum atomic E-state index is 13.4. The van der Waals surface area contributed by atoms with Gasteiger partial charge in [-0.1, -0.05) is 6.07 Å². The average molecular weight is 439 g/mol. The molecule has 2 heterocycles. The van der Waals surface area contributed by atoms with Gasteiger partial charge in [0.15, 0.2) is 5.78 Å². The third kappa shape index (κ3) is 4.91. The third-order valence-electron chi connectivity index (χ3n) is 4.93. The number of Topliss-reactive ketones (excluding diaryl/α,β-unsaturated/α-hetero) is 1. The fourth-order valence-electron chi connectivity index (χ4n) is 3.38. The number of sulfonamides is 1. The average Bonchev–Trinajstić information content (AvgIpc) is 3.04. The first-order valence-corrected chi connectivity index (χ1v) is 11.6. The molecule has 6 nitrogen and oxygen atoms in total. The lowest BCUT2D eigenvalue weighted by atomic mass is 10.1. The third-order valence-corrected chi connectivity index (χ3v) is 7.79. The van der Waals surface area contributed by atoms with Crippen LogP contribution in [-0.2, 0) is 14.8 Å². The van der Waals surface area contributed by atoms with E-state index in [1.807, 2.05) is 19.9 Å². The highest BCUT2D eigenvalue weighted by atomic mass is 32.2. The highest BCUT2D eigenvalue weighted by Gasteiger charge is 2.30. The number of thiophene rings is 1. The molecule has 0 N–H and O–H groups in total. The van der Waals surface area contributed by atoms with Crippen LogP contribution in [0.1, 0.15) is 33.0 Å². The van der Waals surface area contributed by atoms with Crippen LogP contribution >= 0.6 is 11.3 Å². The minimum Gasteiger partial charge on any atom is -0.340 e. The summed E-state index contributed by atoms with van der Waals surface area (Å²) in [4.78, 5) is 28.3. The quantitative estimate of drug-likeness (QED) is 0.650. The maximum absolute atomic E-state index is 13.4. The van der Waals surface area contributed by atoms with Crippen LogP contribution in [-0.4, -0.2) is 55.5 Å². The van der Waals surface area contributed by atoms with Crippen LogP contribution in [0.15, 0.2) is 35.2 Å². The van der Waals surface area contributed by atoms with E-state index in [9.17, 15) is 22.4 Å². The molecule has 1 amide bonds. The number of nitrogens with zero attached hydrogens (tertiary/aromatic N) is 2. The van der Waals surface area contributed by atoms with Crippen molar-refractivity contribution in [3.05, 3.63) is 51.5 Å². The van der Waals surface area contributed by atoms with Crippen LogP contribution in [0.2, 0.25) is 0 Å². The summed E-state index contributed by atoms with van der Waals surface area (Å²) in [5.41, 5.74) is 0.673. The fourth-order valence-corrected chi connectivity index (χ4v) is 5.77. The summed E-state index contributed by atoms with van der Waals surface area (Å²) in [5.74, 6) is -0.820. The highest BCUT2D eigenvalue weighted by Crippen LogP contribution is 2.23. The zero-order valence-corrected chi connectivity index (χ0v) is 18.0. The Kier molecular flexibility index (Phi) is 6.50. The van der Waals surface area contributed by atoms with E-state index in [-0.39, 0.29) is 55.6 Å². The predicted octanol–water partition coefficient (Wildman–Crippen LogP) is 3.00. The summed E-state index contributed by atoms with van der Waals surface area (Å²) in [6.07, 6.45) is 0.238. The number of ketones is 1. The molecule has 0 saturated carbocycles. The van der Waals surface area contributed by atoms with Gasteiger partial charge in [-0.15, -0.1) is 11.3 Å². The molecule has 1 aliphatic rings. The van der Waals surface area contributed by atoms with Crippen molar-refractivity contribution in [2.75, 3.05) is 26.2 Å². The van der Waals surface area contributed by atoms with E-state index in [4.69, 9.17) is 0 Å². The van der Waals surface area contributed by atoms with E-state index >= 15 is 0 Å². The number of piperazine rings is 1. The van der Waals surface area contributed by atoms with Crippen LogP contribution in [0.4, 0.5) is 4.39 Å². The van der Waals surface area contributed by atoms with Crippen molar-refractivity contribution in [3.8, 4) is 0 Å². The Morgan fingerprint density at radius 2 is 1.76 bits per heavy atom. The SMILES string of the molecule is Cc1cc(C(=O)CCC(=O)N2CCN(S(=O)(=O)c3cccc(F)c3)CC2)c(C)s1. The molecule has 1 aromatic carbocycles. The molecule has 0 bridgehead atoms. The molecule has 9 heteroatoms. The molecule has 1 fully saturated rings. The minimum absolute atomic E-state index is 0.0486. The van der Waals surface area contributed by atoms with Crippen molar-refractivity contribution < 1.29 is 22.4 Å². The predicted molar refractivity (Wildman–Crippen MR) is 109 cm³/mol. The Bertz CT molecular complexity index is 1020. The summed E-state index contributed by atoms with van der Waals surface area (Å²) < 4.78 is 39.9. The van der Waals surface area contributed by atoms with E-state index in [0.29, 0.717) is 5.56 Å². The molecule has 1 saturated heterocycles. The lowest BCUT2D eigenvalue weighted by Gasteiger charge is -2.34. The van der Waals surface area contributed by atoms with Crippen LogP contribution in [0, 0.1) is 19.7 Å². The van der Waals surface area contributed by atoms with Crippen molar-refractivity contribution in [1.29, 1.82) is 0 Å². The first kappa shape index (κ1) is 21.6. The van der Waals surface area contributed by atoms with Gasteiger partial charge in [0.05, 0.1) is 4.90 Å². The zero-order chi connectivity index (χ0) is 21.2. The molecule has 0 aliphatic carbocycles. The van der Waals surface area contributed by atoms with Gasteiger partial charge in [0.1, 0.15) is 5.82 Å². The second kappa shape index (κ2) is 8.73. The standard InChI is InChI=1S/C20H23FN2O4S2/c1-14-12-18(15(2)28-14)19(24)6-7-20(25)22-8-10-23(11-9-22)29(26,27)17-5-3-4-16(21)13-17/h3-5,12-13H,6-11H2,1-2H3. The largest absolute Gasteiger partial charge is 0.340 e. The van der Waals surface area contributed by atoms with Gasteiger partial charge in [0, 0.05) is 54.3 Å². The zero-order valence-electron chi connectivity index (χ0n) is 16.4. The lowest BCUT2D eigenvalue weighted by Crippen LogP contribution is -2.50. The van der Waals surface area contributed by atoms with Gasteiger partial charge in [-0.3, -0.25) is 9.59 Å².